The molecule has 1 aromatic heterocycles. The molecule has 0 aliphatic carbocycles. The van der Waals surface area contributed by atoms with Crippen molar-refractivity contribution in [1.82, 2.24) is 0 Å². The lowest BCUT2D eigenvalue weighted by Crippen LogP contribution is -2.10. The smallest absolute Gasteiger partial charge is 0.0888 e. The van der Waals surface area contributed by atoms with E-state index in [2.05, 4.69) is 48.0 Å². The first-order valence-corrected chi connectivity index (χ1v) is 7.24. The molecule has 0 amide bonds. The van der Waals surface area contributed by atoms with Gasteiger partial charge in [-0.05, 0) is 41.4 Å². The lowest BCUT2D eigenvalue weighted by atomic mass is 10.0. The summed E-state index contributed by atoms with van der Waals surface area (Å²) in [6.45, 7) is 4.17. The first-order valence-electron chi connectivity index (χ1n) is 5.26. The molecule has 0 bridgehead atoms. The molecule has 0 fully saturated rings. The summed E-state index contributed by atoms with van der Waals surface area (Å²) in [7, 11) is 0. The minimum atomic E-state index is -0.109. The van der Waals surface area contributed by atoms with E-state index in [0.717, 1.165) is 19.2 Å². The van der Waals surface area contributed by atoms with Crippen LogP contribution in [-0.2, 0) is 0 Å². The van der Waals surface area contributed by atoms with E-state index in [1.54, 1.807) is 11.3 Å². The Morgan fingerprint density at radius 3 is 2.24 bits per heavy atom. The zero-order valence-corrected chi connectivity index (χ0v) is 12.8. The van der Waals surface area contributed by atoms with Gasteiger partial charge in [0.05, 0.1) is 14.9 Å². The maximum atomic E-state index is 6.27. The highest BCUT2D eigenvalue weighted by molar-refractivity contribution is 9.11. The van der Waals surface area contributed by atoms with Crippen LogP contribution in [0.2, 0.25) is 5.02 Å². The third kappa shape index (κ3) is 2.91. The fourth-order valence-electron chi connectivity index (χ4n) is 1.87. The van der Waals surface area contributed by atoms with Crippen molar-refractivity contribution in [3.63, 3.8) is 0 Å². The Morgan fingerprint density at radius 2 is 1.76 bits per heavy atom. The van der Waals surface area contributed by atoms with Crippen LogP contribution in [0.5, 0.6) is 0 Å². The standard InChI is InChI=1S/C13H13BrClNS/c1-7-3-8(2)5-9(4-7)12(16)11-6-10(15)13(14)17-11/h3-6,12H,16H2,1-2H3. The second-order valence-corrected chi connectivity index (χ2v) is 6.98. The van der Waals surface area contributed by atoms with Gasteiger partial charge in [-0.1, -0.05) is 40.9 Å². The number of aryl methyl sites for hydroxylation is 2. The molecule has 0 saturated heterocycles. The highest BCUT2D eigenvalue weighted by Crippen LogP contribution is 2.36. The van der Waals surface area contributed by atoms with E-state index in [1.165, 1.54) is 11.1 Å². The number of hydrogen-bond donors (Lipinski definition) is 1. The Bertz CT molecular complexity index is 511. The van der Waals surface area contributed by atoms with Gasteiger partial charge in [0.2, 0.25) is 0 Å². The van der Waals surface area contributed by atoms with Crippen LogP contribution in [0.15, 0.2) is 28.1 Å². The summed E-state index contributed by atoms with van der Waals surface area (Å²) in [6, 6.07) is 8.22. The number of halogens is 2. The van der Waals surface area contributed by atoms with E-state index in [4.69, 9.17) is 17.3 Å². The molecule has 1 unspecified atom stereocenters. The molecule has 17 heavy (non-hydrogen) atoms. The molecular weight excluding hydrogens is 318 g/mol. The fourth-order valence-corrected chi connectivity index (χ4v) is 3.65. The first kappa shape index (κ1) is 13.1. The van der Waals surface area contributed by atoms with E-state index in [9.17, 15) is 0 Å². The zero-order chi connectivity index (χ0) is 12.6. The van der Waals surface area contributed by atoms with E-state index < -0.39 is 0 Å². The molecule has 1 heterocycles. The zero-order valence-electron chi connectivity index (χ0n) is 9.63. The summed E-state index contributed by atoms with van der Waals surface area (Å²) in [4.78, 5) is 1.08. The van der Waals surface area contributed by atoms with Gasteiger partial charge in [-0.2, -0.15) is 0 Å². The van der Waals surface area contributed by atoms with Gasteiger partial charge in [-0.15, -0.1) is 11.3 Å². The summed E-state index contributed by atoms with van der Waals surface area (Å²) < 4.78 is 0.939. The van der Waals surface area contributed by atoms with Crippen molar-refractivity contribution < 1.29 is 0 Å². The number of benzene rings is 1. The van der Waals surface area contributed by atoms with E-state index in [-0.39, 0.29) is 6.04 Å². The molecular formula is C13H13BrClNS. The molecule has 2 rings (SSSR count). The normalized spacial score (nSPS) is 12.8. The largest absolute Gasteiger partial charge is 0.320 e. The van der Waals surface area contributed by atoms with Crippen LogP contribution >= 0.6 is 38.9 Å². The quantitative estimate of drug-likeness (QED) is 0.838. The number of rotatable bonds is 2. The summed E-state index contributed by atoms with van der Waals surface area (Å²) >= 11 is 11.0. The lowest BCUT2D eigenvalue weighted by Gasteiger charge is -2.11. The van der Waals surface area contributed by atoms with Crippen molar-refractivity contribution in [1.29, 1.82) is 0 Å². The van der Waals surface area contributed by atoms with Crippen LogP contribution in [0.25, 0.3) is 0 Å². The topological polar surface area (TPSA) is 26.0 Å². The second kappa shape index (κ2) is 5.11. The number of nitrogens with two attached hydrogens (primary N) is 1. The van der Waals surface area contributed by atoms with Gasteiger partial charge in [-0.3, -0.25) is 0 Å². The van der Waals surface area contributed by atoms with E-state index in [1.807, 2.05) is 6.07 Å². The molecule has 0 aliphatic heterocycles. The van der Waals surface area contributed by atoms with Crippen molar-refractivity contribution in [2.45, 2.75) is 19.9 Å². The number of hydrogen-bond acceptors (Lipinski definition) is 2. The van der Waals surface area contributed by atoms with Crippen molar-refractivity contribution in [2.24, 2.45) is 5.73 Å². The van der Waals surface area contributed by atoms with Gasteiger partial charge in [0.1, 0.15) is 0 Å². The Morgan fingerprint density at radius 1 is 1.18 bits per heavy atom. The van der Waals surface area contributed by atoms with Crippen LogP contribution < -0.4 is 5.73 Å². The Labute approximate surface area is 119 Å². The summed E-state index contributed by atoms with van der Waals surface area (Å²) in [5.74, 6) is 0. The Kier molecular flexibility index (Phi) is 3.93. The van der Waals surface area contributed by atoms with Crippen LogP contribution in [0, 0.1) is 13.8 Å². The summed E-state index contributed by atoms with van der Waals surface area (Å²) in [5.41, 5.74) is 9.87. The minimum absolute atomic E-state index is 0.109. The van der Waals surface area contributed by atoms with Crippen LogP contribution in [0.1, 0.15) is 27.6 Å². The van der Waals surface area contributed by atoms with Crippen LogP contribution in [0.3, 0.4) is 0 Å². The Balaban J connectivity index is 2.39. The van der Waals surface area contributed by atoms with E-state index in [0.29, 0.717) is 0 Å². The molecule has 1 nitrogen and oxygen atoms in total. The maximum Gasteiger partial charge on any atom is 0.0888 e. The average Bonchev–Trinajstić information content (AvgIpc) is 2.57. The average molecular weight is 331 g/mol. The highest BCUT2D eigenvalue weighted by Gasteiger charge is 2.14. The molecule has 0 spiro atoms. The van der Waals surface area contributed by atoms with Gasteiger partial charge < -0.3 is 5.73 Å². The molecule has 4 heteroatoms. The molecule has 0 saturated carbocycles. The molecule has 2 aromatic rings. The monoisotopic (exact) mass is 329 g/mol. The van der Waals surface area contributed by atoms with Gasteiger partial charge in [0.15, 0.2) is 0 Å². The fraction of sp³-hybridized carbons (Fsp3) is 0.231. The van der Waals surface area contributed by atoms with Crippen LogP contribution in [-0.4, -0.2) is 0 Å². The van der Waals surface area contributed by atoms with Gasteiger partial charge in [-0.25, -0.2) is 0 Å². The predicted octanol–water partition coefficient (Wildman–Crippen LogP) is 4.83. The highest BCUT2D eigenvalue weighted by atomic mass is 79.9. The van der Waals surface area contributed by atoms with Crippen molar-refractivity contribution in [3.05, 3.63) is 54.6 Å². The maximum absolute atomic E-state index is 6.27. The van der Waals surface area contributed by atoms with E-state index >= 15 is 0 Å². The second-order valence-electron chi connectivity index (χ2n) is 4.17. The Hall–Kier alpha value is -0.350. The summed E-state index contributed by atoms with van der Waals surface area (Å²) in [6.07, 6.45) is 0. The molecule has 1 aromatic carbocycles. The number of thiophene rings is 1. The lowest BCUT2D eigenvalue weighted by molar-refractivity contribution is 0.889. The predicted molar refractivity (Wildman–Crippen MR) is 79.0 cm³/mol. The summed E-state index contributed by atoms with van der Waals surface area (Å²) in [5, 5.41) is 0.727. The first-order chi connectivity index (χ1) is 7.97. The van der Waals surface area contributed by atoms with Crippen molar-refractivity contribution in [2.75, 3.05) is 0 Å². The third-order valence-corrected chi connectivity index (χ3v) is 5.13. The third-order valence-electron chi connectivity index (χ3n) is 2.57. The molecule has 0 radical (unpaired) electrons. The molecule has 2 N–H and O–H groups in total. The molecule has 0 aliphatic rings. The van der Waals surface area contributed by atoms with Gasteiger partial charge in [0.25, 0.3) is 0 Å². The molecule has 1 atom stereocenters. The van der Waals surface area contributed by atoms with Gasteiger partial charge in [0, 0.05) is 4.88 Å². The van der Waals surface area contributed by atoms with Gasteiger partial charge >= 0.3 is 0 Å². The van der Waals surface area contributed by atoms with Crippen LogP contribution in [0.4, 0.5) is 0 Å². The van der Waals surface area contributed by atoms with Crippen molar-refractivity contribution in [3.8, 4) is 0 Å². The molecule has 90 valence electrons. The SMILES string of the molecule is Cc1cc(C)cc(C(N)c2cc(Cl)c(Br)s2)c1. The minimum Gasteiger partial charge on any atom is -0.320 e. The van der Waals surface area contributed by atoms with Crippen molar-refractivity contribution >= 4 is 38.9 Å².